The van der Waals surface area contributed by atoms with Gasteiger partial charge in [-0.05, 0) is 49.7 Å². The predicted molar refractivity (Wildman–Crippen MR) is 76.7 cm³/mol. The average molecular weight is 259 g/mol. The van der Waals surface area contributed by atoms with Gasteiger partial charge in [-0.3, -0.25) is 0 Å². The highest BCUT2D eigenvalue weighted by Gasteiger charge is 2.13. The molecule has 3 rings (SSSR count). The maximum Gasteiger partial charge on any atom is 0.122 e. The van der Waals surface area contributed by atoms with Gasteiger partial charge in [0.2, 0.25) is 0 Å². The Morgan fingerprint density at radius 1 is 1.28 bits per heavy atom. The number of aryl methyl sites for hydroxylation is 1. The van der Waals surface area contributed by atoms with Gasteiger partial charge in [-0.15, -0.1) is 11.3 Å². The maximum atomic E-state index is 5.52. The first-order chi connectivity index (χ1) is 8.72. The molecule has 1 aliphatic heterocycles. The zero-order chi connectivity index (χ0) is 12.5. The van der Waals surface area contributed by atoms with Crippen LogP contribution in [0.4, 0.5) is 5.69 Å². The molecule has 0 fully saturated rings. The van der Waals surface area contributed by atoms with Gasteiger partial charge < -0.3 is 10.1 Å². The van der Waals surface area contributed by atoms with E-state index in [9.17, 15) is 0 Å². The molecule has 0 spiro atoms. The van der Waals surface area contributed by atoms with Crippen molar-refractivity contribution in [2.75, 3.05) is 11.9 Å². The molecule has 0 aliphatic carbocycles. The number of hydrogen-bond donors (Lipinski definition) is 1. The topological polar surface area (TPSA) is 21.3 Å². The first kappa shape index (κ1) is 11.6. The van der Waals surface area contributed by atoms with Crippen LogP contribution in [0, 0.1) is 6.92 Å². The zero-order valence-electron chi connectivity index (χ0n) is 10.7. The molecule has 0 amide bonds. The number of rotatable bonds is 3. The fraction of sp³-hybridized carbons (Fsp3) is 0.333. The van der Waals surface area contributed by atoms with Crippen LogP contribution in [-0.2, 0) is 6.42 Å². The Morgan fingerprint density at radius 2 is 2.17 bits per heavy atom. The molecule has 94 valence electrons. The fourth-order valence-electron chi connectivity index (χ4n) is 2.28. The van der Waals surface area contributed by atoms with E-state index in [1.807, 2.05) is 11.3 Å². The number of hydrogen-bond acceptors (Lipinski definition) is 3. The van der Waals surface area contributed by atoms with E-state index in [1.54, 1.807) is 0 Å². The molecule has 0 saturated heterocycles. The van der Waals surface area contributed by atoms with E-state index in [4.69, 9.17) is 4.74 Å². The highest BCUT2D eigenvalue weighted by atomic mass is 32.1. The minimum absolute atomic E-state index is 0.351. The summed E-state index contributed by atoms with van der Waals surface area (Å²) in [6.07, 6.45) is 1.03. The monoisotopic (exact) mass is 259 g/mol. The van der Waals surface area contributed by atoms with Crippen LogP contribution in [0.1, 0.15) is 28.3 Å². The van der Waals surface area contributed by atoms with E-state index in [2.05, 4.69) is 49.5 Å². The Kier molecular flexibility index (Phi) is 3.00. The first-order valence-electron chi connectivity index (χ1n) is 6.31. The molecule has 2 aromatic rings. The maximum absolute atomic E-state index is 5.52. The standard InChI is InChI=1S/C15H17NOS/c1-10-3-6-15(18-10)11(2)16-13-4-5-14-12(9-13)7-8-17-14/h3-6,9,11,16H,7-8H2,1-2H3. The second-order valence-corrected chi connectivity index (χ2v) is 6.05. The zero-order valence-corrected chi connectivity index (χ0v) is 11.5. The molecular formula is C15H17NOS. The molecule has 1 unspecified atom stereocenters. The van der Waals surface area contributed by atoms with E-state index in [-0.39, 0.29) is 0 Å². The molecule has 3 heteroatoms. The van der Waals surface area contributed by atoms with Gasteiger partial charge in [-0.2, -0.15) is 0 Å². The fourth-order valence-corrected chi connectivity index (χ4v) is 3.16. The van der Waals surface area contributed by atoms with Crippen molar-refractivity contribution in [1.29, 1.82) is 0 Å². The largest absolute Gasteiger partial charge is 0.493 e. The molecule has 1 aromatic carbocycles. The number of benzene rings is 1. The summed E-state index contributed by atoms with van der Waals surface area (Å²) >= 11 is 1.85. The lowest BCUT2D eigenvalue weighted by atomic mass is 10.1. The number of anilines is 1. The van der Waals surface area contributed by atoms with Gasteiger partial charge in [0.15, 0.2) is 0 Å². The Labute approximate surface area is 112 Å². The highest BCUT2D eigenvalue weighted by Crippen LogP contribution is 2.30. The van der Waals surface area contributed by atoms with E-state index in [0.29, 0.717) is 6.04 Å². The summed E-state index contributed by atoms with van der Waals surface area (Å²) in [6.45, 7) is 5.17. The number of ether oxygens (including phenoxy) is 1. The van der Waals surface area contributed by atoms with Crippen molar-refractivity contribution >= 4 is 17.0 Å². The van der Waals surface area contributed by atoms with Crippen molar-refractivity contribution in [3.63, 3.8) is 0 Å². The van der Waals surface area contributed by atoms with E-state index < -0.39 is 0 Å². The normalized spacial score (nSPS) is 15.0. The lowest BCUT2D eigenvalue weighted by Crippen LogP contribution is -2.04. The molecule has 18 heavy (non-hydrogen) atoms. The third-order valence-corrected chi connectivity index (χ3v) is 4.44. The molecule has 0 saturated carbocycles. The summed E-state index contributed by atoms with van der Waals surface area (Å²) in [6, 6.07) is 11.1. The van der Waals surface area contributed by atoms with Gasteiger partial charge in [0.1, 0.15) is 5.75 Å². The molecular weight excluding hydrogens is 242 g/mol. The average Bonchev–Trinajstić information content (AvgIpc) is 2.96. The Morgan fingerprint density at radius 3 is 2.94 bits per heavy atom. The number of thiophene rings is 1. The Bertz CT molecular complexity index is 561. The second kappa shape index (κ2) is 4.65. The first-order valence-corrected chi connectivity index (χ1v) is 7.12. The van der Waals surface area contributed by atoms with Crippen LogP contribution < -0.4 is 10.1 Å². The van der Waals surface area contributed by atoms with Crippen molar-refractivity contribution in [3.8, 4) is 5.75 Å². The molecule has 0 radical (unpaired) electrons. The molecule has 1 aliphatic rings. The predicted octanol–water partition coefficient (Wildman–Crippen LogP) is 4.16. The van der Waals surface area contributed by atoms with Gasteiger partial charge in [-0.25, -0.2) is 0 Å². The summed E-state index contributed by atoms with van der Waals surface area (Å²) in [4.78, 5) is 2.74. The van der Waals surface area contributed by atoms with E-state index in [0.717, 1.165) is 18.8 Å². The van der Waals surface area contributed by atoms with Crippen molar-refractivity contribution in [1.82, 2.24) is 0 Å². The molecule has 2 nitrogen and oxygen atoms in total. The third kappa shape index (κ3) is 2.23. The van der Waals surface area contributed by atoms with Crippen molar-refractivity contribution in [2.45, 2.75) is 26.3 Å². The third-order valence-electron chi connectivity index (χ3n) is 3.26. The Hall–Kier alpha value is -1.48. The minimum atomic E-state index is 0.351. The van der Waals surface area contributed by atoms with Crippen LogP contribution in [0.15, 0.2) is 30.3 Å². The summed E-state index contributed by atoms with van der Waals surface area (Å²) in [5.74, 6) is 1.04. The molecule has 2 heterocycles. The number of nitrogens with one attached hydrogen (secondary N) is 1. The van der Waals surface area contributed by atoms with Gasteiger partial charge in [0.05, 0.1) is 12.6 Å². The summed E-state index contributed by atoms with van der Waals surface area (Å²) < 4.78 is 5.52. The highest BCUT2D eigenvalue weighted by molar-refractivity contribution is 7.12. The lowest BCUT2D eigenvalue weighted by molar-refractivity contribution is 0.357. The Balaban J connectivity index is 1.76. The second-order valence-electron chi connectivity index (χ2n) is 4.74. The molecule has 1 aromatic heterocycles. The van der Waals surface area contributed by atoms with Gasteiger partial charge >= 0.3 is 0 Å². The van der Waals surface area contributed by atoms with E-state index in [1.165, 1.54) is 21.0 Å². The van der Waals surface area contributed by atoms with Crippen LogP contribution in [0.3, 0.4) is 0 Å². The van der Waals surface area contributed by atoms with Crippen LogP contribution in [0.25, 0.3) is 0 Å². The molecule has 0 bridgehead atoms. The quantitative estimate of drug-likeness (QED) is 0.893. The van der Waals surface area contributed by atoms with Crippen LogP contribution in [0.2, 0.25) is 0 Å². The van der Waals surface area contributed by atoms with Gasteiger partial charge in [0.25, 0.3) is 0 Å². The summed E-state index contributed by atoms with van der Waals surface area (Å²) in [5, 5.41) is 3.56. The van der Waals surface area contributed by atoms with Crippen molar-refractivity contribution in [2.24, 2.45) is 0 Å². The van der Waals surface area contributed by atoms with Crippen LogP contribution in [-0.4, -0.2) is 6.61 Å². The summed E-state index contributed by atoms with van der Waals surface area (Å²) in [5.41, 5.74) is 2.49. The van der Waals surface area contributed by atoms with Gasteiger partial charge in [-0.1, -0.05) is 0 Å². The summed E-state index contributed by atoms with van der Waals surface area (Å²) in [7, 11) is 0. The van der Waals surface area contributed by atoms with Gasteiger partial charge in [0, 0.05) is 21.9 Å². The lowest BCUT2D eigenvalue weighted by Gasteiger charge is -2.14. The number of fused-ring (bicyclic) bond motifs is 1. The smallest absolute Gasteiger partial charge is 0.122 e. The van der Waals surface area contributed by atoms with Crippen LogP contribution >= 0.6 is 11.3 Å². The molecule has 1 atom stereocenters. The van der Waals surface area contributed by atoms with Crippen LogP contribution in [0.5, 0.6) is 5.75 Å². The molecule has 1 N–H and O–H groups in total. The SMILES string of the molecule is Cc1ccc(C(C)Nc2ccc3c(c2)CCO3)s1. The van der Waals surface area contributed by atoms with Crippen molar-refractivity contribution in [3.05, 3.63) is 45.6 Å². The van der Waals surface area contributed by atoms with E-state index >= 15 is 0 Å². The van der Waals surface area contributed by atoms with Crippen molar-refractivity contribution < 1.29 is 4.74 Å². The minimum Gasteiger partial charge on any atom is -0.493 e.